The molecule has 0 bridgehead atoms. The highest BCUT2D eigenvalue weighted by Gasteiger charge is 2.10. The van der Waals surface area contributed by atoms with Crippen LogP contribution < -0.4 is 5.32 Å². The van der Waals surface area contributed by atoms with Gasteiger partial charge in [0.2, 0.25) is 0 Å². The van der Waals surface area contributed by atoms with Crippen LogP contribution in [-0.4, -0.2) is 21.1 Å². The van der Waals surface area contributed by atoms with E-state index in [1.54, 1.807) is 25.3 Å². The van der Waals surface area contributed by atoms with Gasteiger partial charge in [0, 0.05) is 11.9 Å². The first kappa shape index (κ1) is 12.3. The highest BCUT2D eigenvalue weighted by Crippen LogP contribution is 2.17. The van der Waals surface area contributed by atoms with Gasteiger partial charge >= 0.3 is 0 Å². The summed E-state index contributed by atoms with van der Waals surface area (Å²) in [6.45, 7) is 1.80. The van der Waals surface area contributed by atoms with Crippen LogP contribution in [0.4, 0.5) is 10.1 Å². The molecule has 0 saturated heterocycles. The number of aryl methyl sites for hydroxylation is 1. The smallest absolute Gasteiger partial charge is 0.257 e. The second-order valence-electron chi connectivity index (χ2n) is 4.44. The predicted molar refractivity (Wildman–Crippen MR) is 73.0 cm³/mol. The zero-order valence-electron chi connectivity index (χ0n) is 10.6. The van der Waals surface area contributed by atoms with Gasteiger partial charge in [0.15, 0.2) is 0 Å². The molecule has 0 radical (unpaired) electrons. The van der Waals surface area contributed by atoms with Gasteiger partial charge in [0.25, 0.3) is 5.91 Å². The molecule has 1 aromatic carbocycles. The molecule has 0 spiro atoms. The number of hydrogen-bond donors (Lipinski definition) is 2. The number of rotatable bonds is 2. The quantitative estimate of drug-likeness (QED) is 0.752. The lowest BCUT2D eigenvalue weighted by atomic mass is 10.2. The Hall–Kier alpha value is -2.76. The van der Waals surface area contributed by atoms with Crippen LogP contribution in [0.3, 0.4) is 0 Å². The Morgan fingerprint density at radius 2 is 2.15 bits per heavy atom. The number of pyridine rings is 1. The third-order valence-electron chi connectivity index (χ3n) is 3.00. The summed E-state index contributed by atoms with van der Waals surface area (Å²) in [5.74, 6) is -0.740. The zero-order valence-corrected chi connectivity index (χ0v) is 10.6. The minimum Gasteiger partial charge on any atom is -0.322 e. The molecule has 2 heterocycles. The zero-order chi connectivity index (χ0) is 14.1. The molecule has 0 aliphatic carbocycles. The number of fused-ring (bicyclic) bond motifs is 1. The number of carbonyl (C=O) groups is 1. The van der Waals surface area contributed by atoms with Crippen LogP contribution in [0.1, 0.15) is 15.9 Å². The van der Waals surface area contributed by atoms with Crippen LogP contribution >= 0.6 is 0 Å². The van der Waals surface area contributed by atoms with Crippen LogP contribution in [0.5, 0.6) is 0 Å². The lowest BCUT2D eigenvalue weighted by molar-refractivity contribution is 0.102. The minimum atomic E-state index is -0.395. The lowest BCUT2D eigenvalue weighted by Crippen LogP contribution is -2.13. The number of anilines is 1. The summed E-state index contributed by atoms with van der Waals surface area (Å²) in [4.78, 5) is 16.3. The van der Waals surface area contributed by atoms with Crippen molar-refractivity contribution in [2.24, 2.45) is 0 Å². The maximum Gasteiger partial charge on any atom is 0.257 e. The van der Waals surface area contributed by atoms with E-state index < -0.39 is 5.82 Å². The average molecular weight is 270 g/mol. The standard InChI is InChI=1S/C14H11FN4O/c1-8-2-3-10(15)5-11(8)18-14(20)9-4-12-13(16-6-9)7-17-19-12/h2-7H,1H3,(H,17,19)(H,18,20). The van der Waals surface area contributed by atoms with Crippen LogP contribution in [0.25, 0.3) is 11.0 Å². The van der Waals surface area contributed by atoms with E-state index in [-0.39, 0.29) is 5.91 Å². The van der Waals surface area contributed by atoms with Gasteiger partial charge in [-0.15, -0.1) is 0 Å². The number of nitrogens with one attached hydrogen (secondary N) is 2. The molecule has 1 amide bonds. The van der Waals surface area contributed by atoms with Gasteiger partial charge in [0.05, 0.1) is 17.3 Å². The van der Waals surface area contributed by atoms with Crippen molar-refractivity contribution in [1.82, 2.24) is 15.2 Å². The molecular formula is C14H11FN4O. The molecule has 3 aromatic rings. The number of carbonyl (C=O) groups excluding carboxylic acids is 1. The van der Waals surface area contributed by atoms with E-state index in [9.17, 15) is 9.18 Å². The number of nitrogens with zero attached hydrogens (tertiary/aromatic N) is 2. The summed E-state index contributed by atoms with van der Waals surface area (Å²) >= 11 is 0. The molecule has 0 fully saturated rings. The number of hydrogen-bond acceptors (Lipinski definition) is 3. The Kier molecular flexibility index (Phi) is 2.90. The fourth-order valence-electron chi connectivity index (χ4n) is 1.88. The molecule has 2 aromatic heterocycles. The summed E-state index contributed by atoms with van der Waals surface area (Å²) in [6.07, 6.45) is 3.04. The summed E-state index contributed by atoms with van der Waals surface area (Å²) in [6, 6.07) is 5.90. The van der Waals surface area contributed by atoms with E-state index in [1.165, 1.54) is 18.3 Å². The summed E-state index contributed by atoms with van der Waals surface area (Å²) in [7, 11) is 0. The Morgan fingerprint density at radius 1 is 1.30 bits per heavy atom. The van der Waals surface area contributed by atoms with Crippen LogP contribution in [0, 0.1) is 12.7 Å². The first-order valence-electron chi connectivity index (χ1n) is 6.00. The number of benzene rings is 1. The van der Waals surface area contributed by atoms with E-state index in [4.69, 9.17) is 0 Å². The van der Waals surface area contributed by atoms with E-state index in [0.717, 1.165) is 5.56 Å². The first-order valence-corrected chi connectivity index (χ1v) is 6.00. The normalized spacial score (nSPS) is 10.7. The maximum atomic E-state index is 13.2. The van der Waals surface area contributed by atoms with Crippen LogP contribution in [0.15, 0.2) is 36.7 Å². The Labute approximate surface area is 113 Å². The van der Waals surface area contributed by atoms with Crippen molar-refractivity contribution >= 4 is 22.6 Å². The SMILES string of the molecule is Cc1ccc(F)cc1NC(=O)c1cnc2cn[nH]c2c1. The van der Waals surface area contributed by atoms with Crippen molar-refractivity contribution in [2.45, 2.75) is 6.92 Å². The fourth-order valence-corrected chi connectivity index (χ4v) is 1.88. The molecule has 3 rings (SSSR count). The van der Waals surface area contributed by atoms with E-state index in [0.29, 0.717) is 22.3 Å². The van der Waals surface area contributed by atoms with Crippen molar-refractivity contribution in [3.05, 3.63) is 53.6 Å². The van der Waals surface area contributed by atoms with Gasteiger partial charge in [0.1, 0.15) is 11.3 Å². The van der Waals surface area contributed by atoms with E-state index in [1.807, 2.05) is 0 Å². The molecule has 0 unspecified atom stereocenters. The third-order valence-corrected chi connectivity index (χ3v) is 3.00. The van der Waals surface area contributed by atoms with Crippen molar-refractivity contribution in [2.75, 3.05) is 5.32 Å². The molecule has 0 aliphatic heterocycles. The topological polar surface area (TPSA) is 70.7 Å². The van der Waals surface area contributed by atoms with Crippen molar-refractivity contribution < 1.29 is 9.18 Å². The van der Waals surface area contributed by atoms with Gasteiger partial charge in [-0.1, -0.05) is 6.07 Å². The third kappa shape index (κ3) is 2.23. The number of H-pyrrole nitrogens is 1. The van der Waals surface area contributed by atoms with Crippen molar-refractivity contribution in [3.8, 4) is 0 Å². The van der Waals surface area contributed by atoms with E-state index in [2.05, 4.69) is 20.5 Å². The predicted octanol–water partition coefficient (Wildman–Crippen LogP) is 2.66. The second kappa shape index (κ2) is 4.73. The minimum absolute atomic E-state index is 0.345. The number of halogens is 1. The Bertz CT molecular complexity index is 797. The first-order chi connectivity index (χ1) is 9.63. The largest absolute Gasteiger partial charge is 0.322 e. The molecule has 0 aliphatic rings. The Balaban J connectivity index is 1.90. The fraction of sp³-hybridized carbons (Fsp3) is 0.0714. The van der Waals surface area contributed by atoms with Crippen molar-refractivity contribution in [3.63, 3.8) is 0 Å². The maximum absolute atomic E-state index is 13.2. The van der Waals surface area contributed by atoms with Crippen molar-refractivity contribution in [1.29, 1.82) is 0 Å². The number of amides is 1. The second-order valence-corrected chi connectivity index (χ2v) is 4.44. The highest BCUT2D eigenvalue weighted by atomic mass is 19.1. The van der Waals surface area contributed by atoms with Gasteiger partial charge in [-0.05, 0) is 30.7 Å². The Morgan fingerprint density at radius 3 is 3.00 bits per heavy atom. The molecule has 2 N–H and O–H groups in total. The molecule has 0 atom stereocenters. The number of aromatic nitrogens is 3. The summed E-state index contributed by atoms with van der Waals surface area (Å²) in [5, 5.41) is 9.26. The van der Waals surface area contributed by atoms with Crippen LogP contribution in [0.2, 0.25) is 0 Å². The molecule has 100 valence electrons. The molecule has 6 heteroatoms. The molecular weight excluding hydrogens is 259 g/mol. The van der Waals surface area contributed by atoms with Crippen LogP contribution in [-0.2, 0) is 0 Å². The summed E-state index contributed by atoms with van der Waals surface area (Å²) < 4.78 is 13.2. The van der Waals surface area contributed by atoms with Gasteiger partial charge in [-0.25, -0.2) is 4.39 Å². The number of aromatic amines is 1. The average Bonchev–Trinajstić information content (AvgIpc) is 2.90. The molecule has 0 saturated carbocycles. The van der Waals surface area contributed by atoms with Gasteiger partial charge in [-0.3, -0.25) is 14.9 Å². The van der Waals surface area contributed by atoms with E-state index >= 15 is 0 Å². The summed E-state index contributed by atoms with van der Waals surface area (Å²) in [5.41, 5.74) is 2.97. The molecule has 5 nitrogen and oxygen atoms in total. The molecule has 20 heavy (non-hydrogen) atoms. The van der Waals surface area contributed by atoms with Gasteiger partial charge in [-0.2, -0.15) is 5.10 Å². The lowest BCUT2D eigenvalue weighted by Gasteiger charge is -2.08. The van der Waals surface area contributed by atoms with Gasteiger partial charge < -0.3 is 5.32 Å². The highest BCUT2D eigenvalue weighted by molar-refractivity contribution is 6.05. The monoisotopic (exact) mass is 270 g/mol.